The molecule has 0 bridgehead atoms. The molecule has 228 valence electrons. The number of aromatic nitrogens is 3. The van der Waals surface area contributed by atoms with Gasteiger partial charge in [0.15, 0.2) is 0 Å². The summed E-state index contributed by atoms with van der Waals surface area (Å²) in [5.41, 5.74) is 8.84. The van der Waals surface area contributed by atoms with Gasteiger partial charge in [-0.2, -0.15) is 0 Å². The van der Waals surface area contributed by atoms with Crippen LogP contribution in [0.5, 0.6) is 0 Å². The monoisotopic (exact) mass is 583 g/mol. The molecule has 0 spiro atoms. The van der Waals surface area contributed by atoms with Crippen LogP contribution in [0.1, 0.15) is 54.8 Å². The number of fused-ring (bicyclic) bond motifs is 1. The number of benzene rings is 1. The van der Waals surface area contributed by atoms with Crippen LogP contribution in [0.3, 0.4) is 0 Å². The zero-order valence-electron chi connectivity index (χ0n) is 26.4. The highest BCUT2D eigenvalue weighted by atomic mass is 16.4. The molecule has 0 radical (unpaired) electrons. The molecule has 2 saturated heterocycles. The molecular formula is C34H45N7O2. The fraction of sp³-hybridized carbons (Fsp3) is 0.529. The maximum atomic E-state index is 12.0. The van der Waals surface area contributed by atoms with Crippen LogP contribution in [-0.4, -0.2) is 83.8 Å². The van der Waals surface area contributed by atoms with Gasteiger partial charge in [-0.05, 0) is 62.3 Å². The number of anilines is 3. The number of carbonyl (C=O) groups is 1. The lowest BCUT2D eigenvalue weighted by Gasteiger charge is -2.40. The van der Waals surface area contributed by atoms with Crippen molar-refractivity contribution in [2.45, 2.75) is 59.9 Å². The summed E-state index contributed by atoms with van der Waals surface area (Å²) >= 11 is 0. The Balaban J connectivity index is 1.30. The van der Waals surface area contributed by atoms with Gasteiger partial charge >= 0.3 is 5.97 Å². The van der Waals surface area contributed by atoms with E-state index in [4.69, 9.17) is 4.98 Å². The average Bonchev–Trinajstić information content (AvgIpc) is 2.98. The molecule has 1 N–H and O–H groups in total. The molecule has 0 atom stereocenters. The third-order valence-electron chi connectivity index (χ3n) is 9.71. The number of aryl methyl sites for hydroxylation is 2. The van der Waals surface area contributed by atoms with Crippen molar-refractivity contribution in [2.75, 3.05) is 67.6 Å². The van der Waals surface area contributed by atoms with Crippen LogP contribution in [0.2, 0.25) is 0 Å². The molecule has 3 aromatic rings. The topological polar surface area (TPSA) is 88.9 Å². The van der Waals surface area contributed by atoms with Crippen molar-refractivity contribution in [3.8, 4) is 11.1 Å². The molecule has 43 heavy (non-hydrogen) atoms. The van der Waals surface area contributed by atoms with Crippen molar-refractivity contribution in [1.29, 1.82) is 0 Å². The highest BCUT2D eigenvalue weighted by Crippen LogP contribution is 2.42. The van der Waals surface area contributed by atoms with Crippen molar-refractivity contribution >= 4 is 23.3 Å². The zero-order chi connectivity index (χ0) is 30.3. The van der Waals surface area contributed by atoms with Gasteiger partial charge in [-0.15, -0.1) is 0 Å². The molecule has 9 nitrogen and oxygen atoms in total. The van der Waals surface area contributed by atoms with Gasteiger partial charge in [0.1, 0.15) is 18.0 Å². The SMILES string of the molecule is Cc1nc(C)c(-c2ccc3c(c2)CCN(c2cc(N4CCN(C)CC4)ncn2)C3)c(N2CCC(C)(C)CC2)c1CC(=O)O. The van der Waals surface area contributed by atoms with Crippen molar-refractivity contribution < 1.29 is 9.90 Å². The molecule has 9 heteroatoms. The molecular weight excluding hydrogens is 538 g/mol. The Morgan fingerprint density at radius 3 is 2.26 bits per heavy atom. The van der Waals surface area contributed by atoms with E-state index in [1.54, 1.807) is 6.33 Å². The van der Waals surface area contributed by atoms with Gasteiger partial charge in [0.2, 0.25) is 0 Å². The smallest absolute Gasteiger partial charge is 0.307 e. The van der Waals surface area contributed by atoms with Crippen LogP contribution >= 0.6 is 0 Å². The number of hydrogen-bond donors (Lipinski definition) is 1. The fourth-order valence-electron chi connectivity index (χ4n) is 6.88. The lowest BCUT2D eigenvalue weighted by Crippen LogP contribution is -2.45. The summed E-state index contributed by atoms with van der Waals surface area (Å²) in [6, 6.07) is 8.92. The first kappa shape index (κ1) is 29.4. The van der Waals surface area contributed by atoms with Crippen molar-refractivity contribution in [3.63, 3.8) is 0 Å². The maximum Gasteiger partial charge on any atom is 0.307 e. The first-order chi connectivity index (χ1) is 20.6. The molecule has 0 aliphatic carbocycles. The van der Waals surface area contributed by atoms with E-state index >= 15 is 0 Å². The standard InChI is InChI=1S/C34H45N7O2/c1-23-28(19-31(42)43)33(40-12-9-34(3,4)10-13-40)32(24(2)37-23)26-6-7-27-21-41(11-8-25(27)18-26)30-20-29(35-22-36-30)39-16-14-38(5)15-17-39/h6-7,18,20,22H,8-17,19,21H2,1-5H3,(H,42,43). The quantitative estimate of drug-likeness (QED) is 0.443. The molecule has 3 aliphatic rings. The predicted octanol–water partition coefficient (Wildman–Crippen LogP) is 4.72. The van der Waals surface area contributed by atoms with E-state index in [1.165, 1.54) is 11.1 Å². The van der Waals surface area contributed by atoms with Gasteiger partial charge in [0.05, 0.1) is 12.1 Å². The number of piperazine rings is 1. The number of likely N-dealkylation sites (N-methyl/N-ethyl adjacent to an activating group) is 1. The number of nitrogens with zero attached hydrogens (tertiary/aromatic N) is 7. The minimum Gasteiger partial charge on any atom is -0.481 e. The Hall–Kier alpha value is -3.72. The largest absolute Gasteiger partial charge is 0.481 e. The second-order valence-corrected chi connectivity index (χ2v) is 13.4. The van der Waals surface area contributed by atoms with E-state index in [9.17, 15) is 9.90 Å². The van der Waals surface area contributed by atoms with Gasteiger partial charge in [-0.1, -0.05) is 32.0 Å². The summed E-state index contributed by atoms with van der Waals surface area (Å²) in [6.07, 6.45) is 4.77. The Bertz CT molecular complexity index is 1500. The number of carboxylic acid groups (broad SMARTS) is 1. The number of hydrogen-bond acceptors (Lipinski definition) is 8. The summed E-state index contributed by atoms with van der Waals surface area (Å²) in [7, 11) is 2.17. The molecule has 0 unspecified atom stereocenters. The molecule has 2 aromatic heterocycles. The van der Waals surface area contributed by atoms with Gasteiger partial charge in [0.25, 0.3) is 0 Å². The van der Waals surface area contributed by atoms with E-state index in [2.05, 4.69) is 81.7 Å². The number of aliphatic carboxylic acids is 1. The van der Waals surface area contributed by atoms with Crippen LogP contribution in [0.15, 0.2) is 30.6 Å². The first-order valence-electron chi connectivity index (χ1n) is 15.7. The van der Waals surface area contributed by atoms with Crippen molar-refractivity contribution in [3.05, 3.63) is 58.7 Å². The minimum atomic E-state index is -0.815. The summed E-state index contributed by atoms with van der Waals surface area (Å²) < 4.78 is 0. The van der Waals surface area contributed by atoms with Crippen LogP contribution < -0.4 is 14.7 Å². The van der Waals surface area contributed by atoms with E-state index < -0.39 is 5.97 Å². The van der Waals surface area contributed by atoms with Crippen LogP contribution in [0.4, 0.5) is 17.3 Å². The lowest BCUT2D eigenvalue weighted by atomic mass is 9.82. The number of pyridine rings is 1. The third kappa shape index (κ3) is 6.18. The molecule has 6 rings (SSSR count). The fourth-order valence-corrected chi connectivity index (χ4v) is 6.88. The molecule has 0 amide bonds. The molecule has 1 aromatic carbocycles. The summed E-state index contributed by atoms with van der Waals surface area (Å²) in [6.45, 7) is 16.3. The number of carboxylic acids is 1. The summed E-state index contributed by atoms with van der Waals surface area (Å²) in [5, 5.41) is 9.84. The predicted molar refractivity (Wildman–Crippen MR) is 172 cm³/mol. The molecule has 5 heterocycles. The second kappa shape index (κ2) is 11.8. The van der Waals surface area contributed by atoms with Crippen LogP contribution in [-0.2, 0) is 24.2 Å². The summed E-state index contributed by atoms with van der Waals surface area (Å²) in [5.74, 6) is 1.17. The number of rotatable bonds is 6. The van der Waals surface area contributed by atoms with Gasteiger partial charge in [-0.25, -0.2) is 9.97 Å². The Labute approximate surface area is 255 Å². The van der Waals surface area contributed by atoms with E-state index in [1.807, 2.05) is 6.92 Å². The summed E-state index contributed by atoms with van der Waals surface area (Å²) in [4.78, 5) is 35.6. The molecule has 0 saturated carbocycles. The van der Waals surface area contributed by atoms with Crippen molar-refractivity contribution in [1.82, 2.24) is 19.9 Å². The number of piperidine rings is 1. The highest BCUT2D eigenvalue weighted by molar-refractivity contribution is 5.86. The second-order valence-electron chi connectivity index (χ2n) is 13.4. The van der Waals surface area contributed by atoms with Gasteiger partial charge in [0, 0.05) is 80.9 Å². The lowest BCUT2D eigenvalue weighted by molar-refractivity contribution is -0.136. The normalized spacial score (nSPS) is 19.0. The first-order valence-corrected chi connectivity index (χ1v) is 15.7. The Morgan fingerprint density at radius 1 is 0.860 bits per heavy atom. The average molecular weight is 584 g/mol. The maximum absolute atomic E-state index is 12.0. The van der Waals surface area contributed by atoms with E-state index in [0.29, 0.717) is 5.41 Å². The zero-order valence-corrected chi connectivity index (χ0v) is 26.4. The Kier molecular flexibility index (Phi) is 8.02. The molecule has 3 aliphatic heterocycles. The third-order valence-corrected chi connectivity index (χ3v) is 9.71. The van der Waals surface area contributed by atoms with E-state index in [0.717, 1.165) is 117 Å². The van der Waals surface area contributed by atoms with Crippen LogP contribution in [0, 0.1) is 19.3 Å². The van der Waals surface area contributed by atoms with Crippen molar-refractivity contribution in [2.24, 2.45) is 5.41 Å². The van der Waals surface area contributed by atoms with E-state index in [-0.39, 0.29) is 6.42 Å². The van der Waals surface area contributed by atoms with Crippen LogP contribution in [0.25, 0.3) is 11.1 Å². The minimum absolute atomic E-state index is 0.0176. The Morgan fingerprint density at radius 2 is 1.56 bits per heavy atom. The highest BCUT2D eigenvalue weighted by Gasteiger charge is 2.31. The van der Waals surface area contributed by atoms with Gasteiger partial charge < -0.3 is 24.7 Å². The molecule has 2 fully saturated rings. The van der Waals surface area contributed by atoms with Gasteiger partial charge in [-0.3, -0.25) is 9.78 Å².